The average molecular weight is 445 g/mol. The molecule has 7 heteroatoms. The molecule has 0 bridgehead atoms. The fraction of sp³-hybridized carbons (Fsp3) is 0. The number of rotatable bonds is 8. The second kappa shape index (κ2) is 9.86. The Morgan fingerprint density at radius 2 is 0.938 bits per heavy atom. The van der Waals surface area contributed by atoms with E-state index in [0.29, 0.717) is 22.8 Å². The second-order valence-electron chi connectivity index (χ2n) is 6.69. The molecule has 0 aliphatic heterocycles. The zero-order valence-electron chi connectivity index (χ0n) is 16.9. The number of nitrogens with zero attached hydrogens (tertiary/aromatic N) is 1. The molecular weight excluding hydrogens is 425 g/mol. The van der Waals surface area contributed by atoms with Gasteiger partial charge >= 0.3 is 7.82 Å². The summed E-state index contributed by atoms with van der Waals surface area (Å²) in [4.78, 5) is 0. The highest BCUT2D eigenvalue weighted by molar-refractivity contribution is 7.49. The van der Waals surface area contributed by atoms with Gasteiger partial charge in [-0.25, -0.2) is 0 Å². The van der Waals surface area contributed by atoms with Crippen LogP contribution in [0.3, 0.4) is 0 Å². The van der Waals surface area contributed by atoms with Crippen LogP contribution in [0, 0.1) is 0 Å². The van der Waals surface area contributed by atoms with Crippen LogP contribution in [-0.2, 0) is 4.57 Å². The number of hydrogen-bond acceptors (Lipinski definition) is 6. The van der Waals surface area contributed by atoms with E-state index in [4.69, 9.17) is 13.6 Å². The van der Waals surface area contributed by atoms with E-state index in [2.05, 4.69) is 5.16 Å². The maximum absolute atomic E-state index is 13.5. The lowest BCUT2D eigenvalue weighted by Crippen LogP contribution is -2.08. The molecule has 0 unspecified atom stereocenters. The van der Waals surface area contributed by atoms with E-state index in [-0.39, 0.29) is 5.75 Å². The van der Waals surface area contributed by atoms with Crippen molar-refractivity contribution in [3.05, 3.63) is 126 Å². The lowest BCUT2D eigenvalue weighted by molar-refractivity contribution is 0.298. The van der Waals surface area contributed by atoms with E-state index < -0.39 is 7.82 Å². The molecular formula is C25H20NO5P. The highest BCUT2D eigenvalue weighted by atomic mass is 31.2. The van der Waals surface area contributed by atoms with Gasteiger partial charge in [0.05, 0.1) is 0 Å². The molecule has 160 valence electrons. The van der Waals surface area contributed by atoms with Gasteiger partial charge in [0, 0.05) is 11.1 Å². The van der Waals surface area contributed by atoms with Crippen molar-refractivity contribution in [1.82, 2.24) is 0 Å². The van der Waals surface area contributed by atoms with Crippen molar-refractivity contribution >= 4 is 13.5 Å². The van der Waals surface area contributed by atoms with Crippen LogP contribution in [0.5, 0.6) is 17.2 Å². The summed E-state index contributed by atoms with van der Waals surface area (Å²) in [5, 5.41) is 12.9. The normalized spacial score (nSPS) is 11.6. The highest BCUT2D eigenvalue weighted by Gasteiger charge is 2.33. The van der Waals surface area contributed by atoms with E-state index in [1.165, 1.54) is 0 Å². The Kier molecular flexibility index (Phi) is 6.54. The maximum atomic E-state index is 13.5. The largest absolute Gasteiger partial charge is 0.647 e. The molecule has 0 fully saturated rings. The molecule has 0 saturated heterocycles. The van der Waals surface area contributed by atoms with E-state index >= 15 is 0 Å². The fourth-order valence-electron chi connectivity index (χ4n) is 2.96. The number of phosphoric ester groups is 1. The second-order valence-corrected chi connectivity index (χ2v) is 8.13. The van der Waals surface area contributed by atoms with Gasteiger partial charge in [-0.15, -0.1) is 0 Å². The Balaban J connectivity index is 1.58. The summed E-state index contributed by atoms with van der Waals surface area (Å²) in [5.74, 6) is 0.971. The molecule has 0 heterocycles. The average Bonchev–Trinajstić information content (AvgIpc) is 2.82. The molecule has 0 spiro atoms. The molecule has 32 heavy (non-hydrogen) atoms. The van der Waals surface area contributed by atoms with Crippen LogP contribution in [0.4, 0.5) is 0 Å². The fourth-order valence-corrected chi connectivity index (χ4v) is 4.21. The van der Waals surface area contributed by atoms with Gasteiger partial charge < -0.3 is 18.8 Å². The highest BCUT2D eigenvalue weighted by Crippen LogP contribution is 2.49. The summed E-state index contributed by atoms with van der Waals surface area (Å²) < 4.78 is 30.4. The minimum Gasteiger partial charge on any atom is -0.410 e. The summed E-state index contributed by atoms with van der Waals surface area (Å²) in [6, 6.07) is 33.2. The van der Waals surface area contributed by atoms with Gasteiger partial charge in [-0.05, 0) is 48.5 Å². The predicted molar refractivity (Wildman–Crippen MR) is 123 cm³/mol. The van der Waals surface area contributed by atoms with Gasteiger partial charge in [0.1, 0.15) is 23.0 Å². The summed E-state index contributed by atoms with van der Waals surface area (Å²) >= 11 is 0. The number of benzene rings is 4. The van der Waals surface area contributed by atoms with Gasteiger partial charge in [0.15, 0.2) is 0 Å². The van der Waals surface area contributed by atoms with Crippen LogP contribution in [0.1, 0.15) is 11.1 Å². The summed E-state index contributed by atoms with van der Waals surface area (Å²) in [5.41, 5.74) is 1.82. The minimum absolute atomic E-state index is 0.272. The van der Waals surface area contributed by atoms with Gasteiger partial charge in [-0.3, -0.25) is 0 Å². The monoisotopic (exact) mass is 445 g/mol. The Morgan fingerprint density at radius 3 is 1.38 bits per heavy atom. The molecule has 0 saturated carbocycles. The first-order valence-corrected chi connectivity index (χ1v) is 11.3. The van der Waals surface area contributed by atoms with Crippen molar-refractivity contribution in [2.24, 2.45) is 5.16 Å². The lowest BCUT2D eigenvalue weighted by Gasteiger charge is -2.19. The third-order valence-corrected chi connectivity index (χ3v) is 5.72. The van der Waals surface area contributed by atoms with Crippen molar-refractivity contribution in [2.75, 3.05) is 0 Å². The van der Waals surface area contributed by atoms with E-state index in [0.717, 1.165) is 5.56 Å². The van der Waals surface area contributed by atoms with E-state index in [1.54, 1.807) is 72.8 Å². The Hall–Kier alpha value is -4.02. The molecule has 0 amide bonds. The third kappa shape index (κ3) is 5.36. The van der Waals surface area contributed by atoms with Gasteiger partial charge in [-0.1, -0.05) is 71.9 Å². The Labute approximate surface area is 186 Å². The zero-order valence-corrected chi connectivity index (χ0v) is 17.8. The van der Waals surface area contributed by atoms with Crippen LogP contribution in [0.25, 0.3) is 0 Å². The topological polar surface area (TPSA) is 77.4 Å². The molecule has 1 N–H and O–H groups in total. The molecule has 4 aromatic carbocycles. The molecule has 4 aromatic rings. The number of oxime groups is 1. The summed E-state index contributed by atoms with van der Waals surface area (Å²) in [7, 11) is -4.07. The minimum atomic E-state index is -4.07. The van der Waals surface area contributed by atoms with Crippen molar-refractivity contribution in [2.45, 2.75) is 0 Å². The quantitative estimate of drug-likeness (QED) is 0.144. The first kappa shape index (κ1) is 21.2. The molecule has 0 atom stereocenters. The van der Waals surface area contributed by atoms with E-state index in [1.807, 2.05) is 42.5 Å². The van der Waals surface area contributed by atoms with Crippen molar-refractivity contribution in [1.29, 1.82) is 0 Å². The van der Waals surface area contributed by atoms with Gasteiger partial charge in [-0.2, -0.15) is 4.57 Å². The summed E-state index contributed by atoms with van der Waals surface area (Å²) in [6.45, 7) is 0. The van der Waals surface area contributed by atoms with Crippen LogP contribution in [0.15, 0.2) is 120 Å². The smallest absolute Gasteiger partial charge is 0.410 e. The number of hydrogen-bond donors (Lipinski definition) is 1. The molecule has 0 aliphatic rings. The number of phosphoric acid groups is 1. The Bertz CT molecular complexity index is 1170. The van der Waals surface area contributed by atoms with Crippen LogP contribution in [0.2, 0.25) is 0 Å². The standard InChI is InChI=1S/C25H20NO5P/c27-26-25(20-10-4-1-5-11-20)21-16-18-24(19-17-21)31-32(28,29-22-12-6-2-7-13-22)30-23-14-8-3-9-15-23/h1-19,27H. The summed E-state index contributed by atoms with van der Waals surface area (Å²) in [6.07, 6.45) is 0. The first-order valence-electron chi connectivity index (χ1n) is 9.82. The van der Waals surface area contributed by atoms with E-state index in [9.17, 15) is 9.77 Å². The molecule has 4 rings (SSSR count). The van der Waals surface area contributed by atoms with Crippen LogP contribution in [-0.4, -0.2) is 10.9 Å². The third-order valence-electron chi connectivity index (χ3n) is 4.41. The van der Waals surface area contributed by atoms with Crippen molar-refractivity contribution < 1.29 is 23.3 Å². The van der Waals surface area contributed by atoms with Gasteiger partial charge in [0.25, 0.3) is 0 Å². The van der Waals surface area contributed by atoms with Gasteiger partial charge in [0.2, 0.25) is 0 Å². The SMILES string of the molecule is O=P(Oc1ccccc1)(Oc1ccccc1)Oc1ccc(C(=NO)c2ccccc2)cc1. The maximum Gasteiger partial charge on any atom is 0.647 e. The lowest BCUT2D eigenvalue weighted by atomic mass is 10.0. The molecule has 0 aromatic heterocycles. The number of para-hydroxylation sites is 2. The van der Waals surface area contributed by atoms with Crippen molar-refractivity contribution in [3.63, 3.8) is 0 Å². The van der Waals surface area contributed by atoms with Crippen molar-refractivity contribution in [3.8, 4) is 17.2 Å². The predicted octanol–water partition coefficient (Wildman–Crippen LogP) is 6.56. The molecule has 6 nitrogen and oxygen atoms in total. The Morgan fingerprint density at radius 1 is 0.562 bits per heavy atom. The van der Waals surface area contributed by atoms with Crippen LogP contribution < -0.4 is 13.6 Å². The first-order chi connectivity index (χ1) is 15.6. The zero-order chi connectivity index (χ0) is 22.2. The molecule has 0 radical (unpaired) electrons. The molecule has 0 aliphatic carbocycles. The van der Waals surface area contributed by atoms with Crippen LogP contribution >= 0.6 is 7.82 Å².